The molecule has 0 aliphatic carbocycles. The minimum absolute atomic E-state index is 0.00153. The highest BCUT2D eigenvalue weighted by Crippen LogP contribution is 2.09. The van der Waals surface area contributed by atoms with Crippen molar-refractivity contribution in [1.29, 1.82) is 5.26 Å². The van der Waals surface area contributed by atoms with Crippen molar-refractivity contribution in [2.75, 3.05) is 5.32 Å². The molecular weight excluding hydrogens is 258 g/mol. The third kappa shape index (κ3) is 3.41. The summed E-state index contributed by atoms with van der Waals surface area (Å²) >= 11 is 0. The van der Waals surface area contributed by atoms with E-state index >= 15 is 0 Å². The molecule has 2 aromatic rings. The van der Waals surface area contributed by atoms with Gasteiger partial charge in [0.1, 0.15) is 24.8 Å². The van der Waals surface area contributed by atoms with Crippen molar-refractivity contribution in [2.24, 2.45) is 5.92 Å². The van der Waals surface area contributed by atoms with Crippen molar-refractivity contribution in [3.8, 4) is 6.07 Å². The van der Waals surface area contributed by atoms with Crippen LogP contribution in [-0.2, 0) is 17.9 Å². The van der Waals surface area contributed by atoms with Crippen LogP contribution in [0.2, 0.25) is 0 Å². The smallest absolute Gasteiger partial charge is 0.252 e. The van der Waals surface area contributed by atoms with Gasteiger partial charge in [0.25, 0.3) is 5.82 Å². The molecule has 0 saturated carbocycles. The summed E-state index contributed by atoms with van der Waals surface area (Å²) in [5.74, 6) is 0.871. The summed E-state index contributed by atoms with van der Waals surface area (Å²) in [5, 5.41) is 19.4. The van der Waals surface area contributed by atoms with Gasteiger partial charge in [-0.1, -0.05) is 13.8 Å². The highest BCUT2D eigenvalue weighted by molar-refractivity contribution is 5.89. The number of carbonyl (C=O) groups excluding carboxylic acids is 1. The van der Waals surface area contributed by atoms with Gasteiger partial charge in [0.15, 0.2) is 0 Å². The van der Waals surface area contributed by atoms with Gasteiger partial charge in [-0.25, -0.2) is 14.3 Å². The summed E-state index contributed by atoms with van der Waals surface area (Å²) in [6.07, 6.45) is 2.99. The van der Waals surface area contributed by atoms with Gasteiger partial charge in [0.05, 0.1) is 6.20 Å². The summed E-state index contributed by atoms with van der Waals surface area (Å²) in [6.45, 7) is 4.88. The Morgan fingerprint density at radius 2 is 2.35 bits per heavy atom. The Kier molecular flexibility index (Phi) is 4.10. The molecule has 0 atom stereocenters. The number of nitriles is 1. The lowest BCUT2D eigenvalue weighted by Gasteiger charge is -2.10. The lowest BCUT2D eigenvalue weighted by atomic mass is 10.2. The maximum absolute atomic E-state index is 11.9. The van der Waals surface area contributed by atoms with Gasteiger partial charge < -0.3 is 5.32 Å². The third-order valence-electron chi connectivity index (χ3n) is 2.46. The van der Waals surface area contributed by atoms with Crippen molar-refractivity contribution in [3.05, 3.63) is 24.4 Å². The number of nitrogens with zero attached hydrogens (tertiary/aromatic N) is 6. The molecule has 0 aliphatic rings. The number of hydrogen-bond donors (Lipinski definition) is 1. The standard InChI is InChI=1S/C12H15N7O/c1-9(2)6-19-11(3-4-15-19)16-12(20)7-18-8-14-10(5-13)17-18/h3-4,8-9H,6-7H2,1-2H3,(H,16,20). The maximum Gasteiger partial charge on any atom is 0.252 e. The van der Waals surface area contributed by atoms with Crippen LogP contribution in [-0.4, -0.2) is 30.5 Å². The highest BCUT2D eigenvalue weighted by atomic mass is 16.2. The maximum atomic E-state index is 11.9. The van der Waals surface area contributed by atoms with E-state index in [0.29, 0.717) is 11.7 Å². The summed E-state index contributed by atoms with van der Waals surface area (Å²) in [5.41, 5.74) is 0. The van der Waals surface area contributed by atoms with Crippen LogP contribution in [0, 0.1) is 17.2 Å². The Bertz CT molecular complexity index is 634. The molecule has 0 unspecified atom stereocenters. The number of hydrogen-bond acceptors (Lipinski definition) is 5. The SMILES string of the molecule is CC(C)Cn1nccc1NC(=O)Cn1cnc(C#N)n1. The van der Waals surface area contributed by atoms with Gasteiger partial charge >= 0.3 is 0 Å². The summed E-state index contributed by atoms with van der Waals surface area (Å²) < 4.78 is 3.06. The van der Waals surface area contributed by atoms with Gasteiger partial charge in [-0.2, -0.15) is 10.4 Å². The van der Waals surface area contributed by atoms with Crippen LogP contribution in [0.3, 0.4) is 0 Å². The summed E-state index contributed by atoms with van der Waals surface area (Å²) in [4.78, 5) is 15.6. The Balaban J connectivity index is 1.98. The molecule has 2 rings (SSSR count). The number of anilines is 1. The molecule has 0 bridgehead atoms. The van der Waals surface area contributed by atoms with Crippen LogP contribution in [0.15, 0.2) is 18.6 Å². The van der Waals surface area contributed by atoms with Crippen LogP contribution < -0.4 is 5.32 Å². The van der Waals surface area contributed by atoms with Crippen LogP contribution in [0.4, 0.5) is 5.82 Å². The number of aromatic nitrogens is 5. The van der Waals surface area contributed by atoms with E-state index in [1.165, 1.54) is 11.0 Å². The van der Waals surface area contributed by atoms with Crippen molar-refractivity contribution in [1.82, 2.24) is 24.5 Å². The fraction of sp³-hybridized carbons (Fsp3) is 0.417. The van der Waals surface area contributed by atoms with Crippen LogP contribution in [0.1, 0.15) is 19.7 Å². The molecule has 0 fully saturated rings. The quantitative estimate of drug-likeness (QED) is 0.861. The molecule has 8 heteroatoms. The second-order valence-corrected chi connectivity index (χ2v) is 4.72. The number of carbonyl (C=O) groups is 1. The average Bonchev–Trinajstić information content (AvgIpc) is 2.99. The lowest BCUT2D eigenvalue weighted by Crippen LogP contribution is -2.21. The first-order chi connectivity index (χ1) is 9.58. The van der Waals surface area contributed by atoms with Gasteiger partial charge in [0.2, 0.25) is 5.91 Å². The van der Waals surface area contributed by atoms with E-state index in [0.717, 1.165) is 6.54 Å². The topological polar surface area (TPSA) is 101 Å². The van der Waals surface area contributed by atoms with E-state index < -0.39 is 0 Å². The molecule has 2 aromatic heterocycles. The van der Waals surface area contributed by atoms with Gasteiger partial charge in [-0.15, -0.1) is 5.10 Å². The molecule has 2 heterocycles. The predicted octanol–water partition coefficient (Wildman–Crippen LogP) is 0.641. The van der Waals surface area contributed by atoms with E-state index in [1.54, 1.807) is 16.9 Å². The molecular formula is C12H15N7O. The van der Waals surface area contributed by atoms with Crippen molar-refractivity contribution in [3.63, 3.8) is 0 Å². The fourth-order valence-electron chi connectivity index (χ4n) is 1.68. The minimum atomic E-state index is -0.245. The molecule has 0 spiro atoms. The molecule has 20 heavy (non-hydrogen) atoms. The Morgan fingerprint density at radius 3 is 3.00 bits per heavy atom. The highest BCUT2D eigenvalue weighted by Gasteiger charge is 2.10. The Hall–Kier alpha value is -2.69. The van der Waals surface area contributed by atoms with E-state index in [1.807, 2.05) is 6.07 Å². The molecule has 1 amide bonds. The molecule has 0 saturated heterocycles. The van der Waals surface area contributed by atoms with Crippen LogP contribution >= 0.6 is 0 Å². The first-order valence-corrected chi connectivity index (χ1v) is 6.19. The van der Waals surface area contributed by atoms with Crippen molar-refractivity contribution >= 4 is 11.7 Å². The fourth-order valence-corrected chi connectivity index (χ4v) is 1.68. The zero-order valence-electron chi connectivity index (χ0n) is 11.3. The minimum Gasteiger partial charge on any atom is -0.309 e. The second-order valence-electron chi connectivity index (χ2n) is 4.72. The second kappa shape index (κ2) is 5.97. The predicted molar refractivity (Wildman–Crippen MR) is 70.4 cm³/mol. The van der Waals surface area contributed by atoms with Gasteiger partial charge in [-0.3, -0.25) is 4.79 Å². The molecule has 0 aromatic carbocycles. The van der Waals surface area contributed by atoms with Gasteiger partial charge in [-0.05, 0) is 5.92 Å². The third-order valence-corrected chi connectivity index (χ3v) is 2.46. The molecule has 0 radical (unpaired) electrons. The first kappa shape index (κ1) is 13.7. The van der Waals surface area contributed by atoms with E-state index in [2.05, 4.69) is 34.3 Å². The molecule has 104 valence electrons. The van der Waals surface area contributed by atoms with Crippen LogP contribution in [0.25, 0.3) is 0 Å². The van der Waals surface area contributed by atoms with Gasteiger partial charge in [0, 0.05) is 12.6 Å². The summed E-state index contributed by atoms with van der Waals surface area (Å²) in [6, 6.07) is 3.55. The number of nitrogens with one attached hydrogen (secondary N) is 1. The monoisotopic (exact) mass is 273 g/mol. The Morgan fingerprint density at radius 1 is 1.55 bits per heavy atom. The van der Waals surface area contributed by atoms with E-state index in [4.69, 9.17) is 5.26 Å². The summed E-state index contributed by atoms with van der Waals surface area (Å²) in [7, 11) is 0. The molecule has 8 nitrogen and oxygen atoms in total. The number of amides is 1. The molecule has 1 N–H and O–H groups in total. The zero-order chi connectivity index (χ0) is 14.5. The van der Waals surface area contributed by atoms with Crippen molar-refractivity contribution in [2.45, 2.75) is 26.9 Å². The first-order valence-electron chi connectivity index (χ1n) is 6.19. The van der Waals surface area contributed by atoms with E-state index in [-0.39, 0.29) is 18.3 Å². The Labute approximate surface area is 116 Å². The lowest BCUT2D eigenvalue weighted by molar-refractivity contribution is -0.117. The van der Waals surface area contributed by atoms with Crippen LogP contribution in [0.5, 0.6) is 0 Å². The number of rotatable bonds is 5. The van der Waals surface area contributed by atoms with E-state index in [9.17, 15) is 4.79 Å². The normalized spacial score (nSPS) is 10.5. The average molecular weight is 273 g/mol. The molecule has 0 aliphatic heterocycles. The zero-order valence-corrected chi connectivity index (χ0v) is 11.3. The van der Waals surface area contributed by atoms with Crippen molar-refractivity contribution < 1.29 is 4.79 Å². The largest absolute Gasteiger partial charge is 0.309 e.